The number of likely N-dealkylation sites (tertiary alicyclic amines) is 1. The fraction of sp³-hybridized carbons (Fsp3) is 0.875. The van der Waals surface area contributed by atoms with E-state index in [1.807, 2.05) is 4.90 Å². The summed E-state index contributed by atoms with van der Waals surface area (Å²) in [5.74, 6) is -0.395. The molecule has 2 amide bonds. The van der Waals surface area contributed by atoms with Crippen LogP contribution in [0.25, 0.3) is 0 Å². The van der Waals surface area contributed by atoms with Crippen molar-refractivity contribution in [3.8, 4) is 0 Å². The van der Waals surface area contributed by atoms with E-state index in [0.717, 1.165) is 38.5 Å². The average Bonchev–Trinajstić information content (AvgIpc) is 3.17. The van der Waals surface area contributed by atoms with Crippen molar-refractivity contribution in [2.75, 3.05) is 32.8 Å². The van der Waals surface area contributed by atoms with Crippen molar-refractivity contribution in [3.05, 3.63) is 0 Å². The Morgan fingerprint density at radius 2 is 1.73 bits per heavy atom. The zero-order chi connectivity index (χ0) is 15.6. The number of hydrogen-bond acceptors (Lipinski definition) is 4. The summed E-state index contributed by atoms with van der Waals surface area (Å²) < 4.78 is 11.4. The van der Waals surface area contributed by atoms with E-state index in [2.05, 4.69) is 0 Å². The Labute approximate surface area is 131 Å². The van der Waals surface area contributed by atoms with Crippen LogP contribution in [0.1, 0.15) is 45.4 Å². The standard InChI is InChI=1S/C16H26N2O4/c1-13(19)18(14-4-2-3-5-14)12-15(20)17-8-6-16(7-9-17)21-10-11-22-16/h14H,2-12H2,1H3. The molecule has 3 rings (SSSR count). The number of hydrogen-bond donors (Lipinski definition) is 0. The van der Waals surface area contributed by atoms with Crippen LogP contribution in [0.3, 0.4) is 0 Å². The minimum absolute atomic E-state index is 0.0104. The molecule has 0 N–H and O–H groups in total. The van der Waals surface area contributed by atoms with Gasteiger partial charge in [-0.15, -0.1) is 0 Å². The van der Waals surface area contributed by atoms with Crippen LogP contribution < -0.4 is 0 Å². The fourth-order valence-electron chi connectivity index (χ4n) is 3.84. The fourth-order valence-corrected chi connectivity index (χ4v) is 3.84. The van der Waals surface area contributed by atoms with Crippen molar-refractivity contribution in [3.63, 3.8) is 0 Å². The summed E-state index contributed by atoms with van der Waals surface area (Å²) in [6.45, 7) is 4.37. The van der Waals surface area contributed by atoms with Gasteiger partial charge in [-0.3, -0.25) is 9.59 Å². The molecule has 3 aliphatic rings. The minimum atomic E-state index is -0.456. The van der Waals surface area contributed by atoms with Crippen LogP contribution in [0.5, 0.6) is 0 Å². The molecule has 0 aromatic rings. The molecule has 1 aliphatic carbocycles. The van der Waals surface area contributed by atoms with Gasteiger partial charge in [0, 0.05) is 38.9 Å². The third kappa shape index (κ3) is 3.27. The second-order valence-electron chi connectivity index (χ2n) is 6.57. The molecule has 1 saturated carbocycles. The Bertz CT molecular complexity index is 418. The van der Waals surface area contributed by atoms with E-state index in [0.29, 0.717) is 26.3 Å². The smallest absolute Gasteiger partial charge is 0.242 e. The Morgan fingerprint density at radius 1 is 1.14 bits per heavy atom. The van der Waals surface area contributed by atoms with Gasteiger partial charge < -0.3 is 19.3 Å². The number of ether oxygens (including phenoxy) is 2. The van der Waals surface area contributed by atoms with E-state index >= 15 is 0 Å². The summed E-state index contributed by atoms with van der Waals surface area (Å²) in [6, 6.07) is 0.249. The normalized spacial score (nSPS) is 24.9. The van der Waals surface area contributed by atoms with Crippen molar-refractivity contribution in [1.29, 1.82) is 0 Å². The molecule has 0 atom stereocenters. The van der Waals surface area contributed by atoms with Gasteiger partial charge in [0.1, 0.15) is 0 Å². The van der Waals surface area contributed by atoms with Crippen LogP contribution in [0, 0.1) is 0 Å². The van der Waals surface area contributed by atoms with Gasteiger partial charge in [0.2, 0.25) is 11.8 Å². The van der Waals surface area contributed by atoms with Crippen LogP contribution >= 0.6 is 0 Å². The molecule has 0 unspecified atom stereocenters. The maximum Gasteiger partial charge on any atom is 0.242 e. The van der Waals surface area contributed by atoms with E-state index in [1.54, 1.807) is 11.8 Å². The van der Waals surface area contributed by atoms with Gasteiger partial charge in [0.25, 0.3) is 0 Å². The first-order chi connectivity index (χ1) is 10.6. The molecular formula is C16H26N2O4. The molecule has 124 valence electrons. The zero-order valence-corrected chi connectivity index (χ0v) is 13.4. The molecule has 0 bridgehead atoms. The van der Waals surface area contributed by atoms with Crippen LogP contribution in [0.15, 0.2) is 0 Å². The van der Waals surface area contributed by atoms with E-state index in [4.69, 9.17) is 9.47 Å². The number of piperidine rings is 1. The molecule has 1 spiro atoms. The molecular weight excluding hydrogens is 284 g/mol. The summed E-state index contributed by atoms with van der Waals surface area (Å²) in [5.41, 5.74) is 0. The lowest BCUT2D eigenvalue weighted by atomic mass is 10.0. The highest BCUT2D eigenvalue weighted by Gasteiger charge is 2.41. The summed E-state index contributed by atoms with van der Waals surface area (Å²) >= 11 is 0. The topological polar surface area (TPSA) is 59.1 Å². The van der Waals surface area contributed by atoms with Crippen molar-refractivity contribution in [2.24, 2.45) is 0 Å². The van der Waals surface area contributed by atoms with Crippen LogP contribution in [-0.4, -0.2) is 66.3 Å². The minimum Gasteiger partial charge on any atom is -0.347 e. The van der Waals surface area contributed by atoms with Crippen LogP contribution in [0.4, 0.5) is 0 Å². The second kappa shape index (κ2) is 6.54. The number of nitrogens with zero attached hydrogens (tertiary/aromatic N) is 2. The number of carbonyl (C=O) groups is 2. The first kappa shape index (κ1) is 15.7. The van der Waals surface area contributed by atoms with Gasteiger partial charge in [0.05, 0.1) is 19.8 Å². The lowest BCUT2D eigenvalue weighted by Gasteiger charge is -2.38. The van der Waals surface area contributed by atoms with Gasteiger partial charge >= 0.3 is 0 Å². The van der Waals surface area contributed by atoms with Crippen molar-refractivity contribution >= 4 is 11.8 Å². The van der Waals surface area contributed by atoms with Gasteiger partial charge in [-0.2, -0.15) is 0 Å². The summed E-state index contributed by atoms with van der Waals surface area (Å²) in [5, 5.41) is 0. The number of amides is 2. The van der Waals surface area contributed by atoms with Gasteiger partial charge in [-0.25, -0.2) is 0 Å². The molecule has 2 saturated heterocycles. The zero-order valence-electron chi connectivity index (χ0n) is 13.4. The predicted octanol–water partition coefficient (Wildman–Crippen LogP) is 1.14. The Kier molecular flexibility index (Phi) is 4.68. The molecule has 6 heteroatoms. The maximum absolute atomic E-state index is 12.5. The Hall–Kier alpha value is -1.14. The number of carbonyl (C=O) groups excluding carboxylic acids is 2. The summed E-state index contributed by atoms with van der Waals surface area (Å²) in [4.78, 5) is 28.0. The molecule has 2 aliphatic heterocycles. The average molecular weight is 310 g/mol. The molecule has 6 nitrogen and oxygen atoms in total. The Balaban J connectivity index is 1.53. The third-order valence-electron chi connectivity index (χ3n) is 5.17. The largest absolute Gasteiger partial charge is 0.347 e. The first-order valence-corrected chi connectivity index (χ1v) is 8.43. The molecule has 0 radical (unpaired) electrons. The number of rotatable bonds is 3. The molecule has 0 aromatic heterocycles. The summed E-state index contributed by atoms with van der Waals surface area (Å²) in [7, 11) is 0. The quantitative estimate of drug-likeness (QED) is 0.784. The lowest BCUT2D eigenvalue weighted by Crippen LogP contribution is -2.51. The second-order valence-corrected chi connectivity index (χ2v) is 6.57. The third-order valence-corrected chi connectivity index (χ3v) is 5.17. The van der Waals surface area contributed by atoms with Crippen molar-refractivity contribution in [1.82, 2.24) is 9.80 Å². The van der Waals surface area contributed by atoms with E-state index < -0.39 is 5.79 Å². The molecule has 2 heterocycles. The molecule has 0 aromatic carbocycles. The Morgan fingerprint density at radius 3 is 2.27 bits per heavy atom. The molecule has 22 heavy (non-hydrogen) atoms. The van der Waals surface area contributed by atoms with Crippen LogP contribution in [-0.2, 0) is 19.1 Å². The van der Waals surface area contributed by atoms with E-state index in [-0.39, 0.29) is 24.4 Å². The highest BCUT2D eigenvalue weighted by atomic mass is 16.7. The van der Waals surface area contributed by atoms with E-state index in [9.17, 15) is 9.59 Å². The summed E-state index contributed by atoms with van der Waals surface area (Å²) in [6.07, 6.45) is 5.81. The highest BCUT2D eigenvalue weighted by Crippen LogP contribution is 2.31. The first-order valence-electron chi connectivity index (χ1n) is 8.43. The van der Waals surface area contributed by atoms with Gasteiger partial charge in [0.15, 0.2) is 5.79 Å². The van der Waals surface area contributed by atoms with Gasteiger partial charge in [-0.1, -0.05) is 12.8 Å². The highest BCUT2D eigenvalue weighted by molar-refractivity contribution is 5.84. The van der Waals surface area contributed by atoms with Crippen molar-refractivity contribution in [2.45, 2.75) is 57.3 Å². The SMILES string of the molecule is CC(=O)N(CC(=O)N1CCC2(CC1)OCCO2)C1CCCC1. The van der Waals surface area contributed by atoms with Gasteiger partial charge in [-0.05, 0) is 12.8 Å². The van der Waals surface area contributed by atoms with Crippen LogP contribution in [0.2, 0.25) is 0 Å². The van der Waals surface area contributed by atoms with Crippen molar-refractivity contribution < 1.29 is 19.1 Å². The van der Waals surface area contributed by atoms with E-state index in [1.165, 1.54) is 0 Å². The predicted molar refractivity (Wildman–Crippen MR) is 80.1 cm³/mol. The molecule has 3 fully saturated rings. The lowest BCUT2D eigenvalue weighted by molar-refractivity contribution is -0.188. The monoisotopic (exact) mass is 310 g/mol. The maximum atomic E-state index is 12.5.